The Labute approximate surface area is 120 Å². The van der Waals surface area contributed by atoms with Crippen LogP contribution in [0.15, 0.2) is 18.2 Å². The smallest absolute Gasteiger partial charge is 0.270 e. The topological polar surface area (TPSA) is 70.2 Å². The summed E-state index contributed by atoms with van der Waals surface area (Å²) in [5, 5.41) is 19.3. The molecular formula is C12H14IN3O2. The second-order valence-electron chi connectivity index (χ2n) is 4.09. The Morgan fingerprint density at radius 3 is 2.67 bits per heavy atom. The predicted molar refractivity (Wildman–Crippen MR) is 78.5 cm³/mol. The summed E-state index contributed by atoms with van der Waals surface area (Å²) in [6, 6.07) is 7.16. The maximum atomic E-state index is 10.7. The van der Waals surface area contributed by atoms with Crippen molar-refractivity contribution in [1.82, 2.24) is 0 Å². The molecule has 0 aliphatic carbocycles. The van der Waals surface area contributed by atoms with E-state index in [1.54, 1.807) is 12.1 Å². The van der Waals surface area contributed by atoms with Gasteiger partial charge in [-0.05, 0) is 42.5 Å². The normalized spacial score (nSPS) is 10.2. The van der Waals surface area contributed by atoms with Crippen LogP contribution >= 0.6 is 22.6 Å². The summed E-state index contributed by atoms with van der Waals surface area (Å²) in [5.41, 5.74) is 1.03. The molecule has 1 rings (SSSR count). The number of rotatable bonds is 5. The zero-order valence-corrected chi connectivity index (χ0v) is 12.4. The predicted octanol–water partition coefficient (Wildman–Crippen LogP) is 3.33. The van der Waals surface area contributed by atoms with E-state index in [0.717, 1.165) is 9.26 Å². The number of halogens is 1. The third-order valence-electron chi connectivity index (χ3n) is 2.54. The lowest BCUT2D eigenvalue weighted by Gasteiger charge is -2.29. The van der Waals surface area contributed by atoms with Crippen LogP contribution in [0.3, 0.4) is 0 Å². The second-order valence-corrected chi connectivity index (χ2v) is 5.25. The highest BCUT2D eigenvalue weighted by molar-refractivity contribution is 14.1. The van der Waals surface area contributed by atoms with Gasteiger partial charge >= 0.3 is 0 Å². The molecule has 0 aliphatic rings. The number of hydrogen-bond acceptors (Lipinski definition) is 4. The van der Waals surface area contributed by atoms with Gasteiger partial charge < -0.3 is 4.90 Å². The number of nitriles is 1. The minimum Gasteiger partial charge on any atom is -0.367 e. The van der Waals surface area contributed by atoms with E-state index in [1.165, 1.54) is 6.07 Å². The van der Waals surface area contributed by atoms with Crippen LogP contribution in [0, 0.1) is 25.0 Å². The van der Waals surface area contributed by atoms with Crippen LogP contribution in [-0.2, 0) is 0 Å². The molecule has 0 fully saturated rings. The molecule has 0 amide bonds. The summed E-state index contributed by atoms with van der Waals surface area (Å²) in [7, 11) is 0. The van der Waals surface area contributed by atoms with Crippen LogP contribution in [0.1, 0.15) is 20.3 Å². The molecule has 1 aromatic carbocycles. The maximum absolute atomic E-state index is 10.7. The van der Waals surface area contributed by atoms with E-state index in [-0.39, 0.29) is 11.7 Å². The van der Waals surface area contributed by atoms with Gasteiger partial charge in [-0.15, -0.1) is 0 Å². The summed E-state index contributed by atoms with van der Waals surface area (Å²) >= 11 is 2.09. The largest absolute Gasteiger partial charge is 0.367 e. The lowest BCUT2D eigenvalue weighted by Crippen LogP contribution is -2.32. The van der Waals surface area contributed by atoms with E-state index in [2.05, 4.69) is 33.6 Å². The fourth-order valence-electron chi connectivity index (χ4n) is 1.67. The van der Waals surface area contributed by atoms with Gasteiger partial charge in [0, 0.05) is 28.3 Å². The van der Waals surface area contributed by atoms with Crippen LogP contribution in [0.4, 0.5) is 11.4 Å². The van der Waals surface area contributed by atoms with Gasteiger partial charge in [0.2, 0.25) is 0 Å². The lowest BCUT2D eigenvalue weighted by atomic mass is 10.2. The Hall–Kier alpha value is -1.36. The summed E-state index contributed by atoms with van der Waals surface area (Å²) in [6.45, 7) is 4.70. The molecule has 0 saturated heterocycles. The van der Waals surface area contributed by atoms with Crippen LogP contribution in [0.2, 0.25) is 0 Å². The van der Waals surface area contributed by atoms with Crippen LogP contribution in [-0.4, -0.2) is 17.5 Å². The first-order valence-corrected chi connectivity index (χ1v) is 6.62. The van der Waals surface area contributed by atoms with Crippen molar-refractivity contribution in [2.24, 2.45) is 0 Å². The first-order valence-electron chi connectivity index (χ1n) is 5.55. The molecule has 0 aliphatic heterocycles. The van der Waals surface area contributed by atoms with E-state index >= 15 is 0 Å². The van der Waals surface area contributed by atoms with Crippen molar-refractivity contribution in [2.75, 3.05) is 11.4 Å². The van der Waals surface area contributed by atoms with E-state index < -0.39 is 4.92 Å². The molecule has 0 atom stereocenters. The average Bonchev–Trinajstić information content (AvgIpc) is 2.30. The number of nitro benzene ring substituents is 1. The van der Waals surface area contributed by atoms with Gasteiger partial charge in [-0.3, -0.25) is 10.1 Å². The Bertz CT molecular complexity index is 483. The summed E-state index contributed by atoms with van der Waals surface area (Å²) in [6.07, 6.45) is 0.436. The molecule has 0 saturated carbocycles. The van der Waals surface area contributed by atoms with Gasteiger partial charge in [-0.2, -0.15) is 5.26 Å². The highest BCUT2D eigenvalue weighted by Crippen LogP contribution is 2.28. The number of non-ortho nitro benzene ring substituents is 1. The first-order chi connectivity index (χ1) is 8.47. The van der Waals surface area contributed by atoms with Crippen LogP contribution in [0.25, 0.3) is 0 Å². The molecule has 18 heavy (non-hydrogen) atoms. The standard InChI is InChI=1S/C12H14IN3O2/c1-9(2)15(7-3-6-14)12-5-4-10(16(17)18)8-11(12)13/h4-5,8-9H,3,7H2,1-2H3. The zero-order valence-electron chi connectivity index (χ0n) is 10.3. The molecule has 0 heterocycles. The molecule has 5 nitrogen and oxygen atoms in total. The first kappa shape index (κ1) is 14.7. The Morgan fingerprint density at radius 1 is 1.56 bits per heavy atom. The third kappa shape index (κ3) is 3.57. The van der Waals surface area contributed by atoms with Gasteiger partial charge in [0.25, 0.3) is 5.69 Å². The van der Waals surface area contributed by atoms with Crippen molar-refractivity contribution >= 4 is 34.0 Å². The van der Waals surface area contributed by atoms with Gasteiger partial charge in [0.15, 0.2) is 0 Å². The van der Waals surface area contributed by atoms with Crippen LogP contribution < -0.4 is 4.90 Å². The van der Waals surface area contributed by atoms with E-state index in [1.807, 2.05) is 13.8 Å². The lowest BCUT2D eigenvalue weighted by molar-refractivity contribution is -0.384. The van der Waals surface area contributed by atoms with Crippen molar-refractivity contribution in [3.8, 4) is 6.07 Å². The van der Waals surface area contributed by atoms with Crippen LogP contribution in [0.5, 0.6) is 0 Å². The van der Waals surface area contributed by atoms with Crippen molar-refractivity contribution < 1.29 is 4.92 Å². The molecule has 0 N–H and O–H groups in total. The van der Waals surface area contributed by atoms with Crippen molar-refractivity contribution in [1.29, 1.82) is 5.26 Å². The van der Waals surface area contributed by atoms with Crippen molar-refractivity contribution in [3.63, 3.8) is 0 Å². The van der Waals surface area contributed by atoms with Gasteiger partial charge in [0.1, 0.15) is 0 Å². The Morgan fingerprint density at radius 2 is 2.22 bits per heavy atom. The molecule has 0 unspecified atom stereocenters. The average molecular weight is 359 g/mol. The number of nitro groups is 1. The van der Waals surface area contributed by atoms with Crippen molar-refractivity contribution in [3.05, 3.63) is 31.9 Å². The fourth-order valence-corrected chi connectivity index (χ4v) is 2.48. The molecule has 0 radical (unpaired) electrons. The fraction of sp³-hybridized carbons (Fsp3) is 0.417. The SMILES string of the molecule is CC(C)N(CCC#N)c1ccc([N+](=O)[O-])cc1I. The minimum atomic E-state index is -0.402. The number of nitrogens with zero attached hydrogens (tertiary/aromatic N) is 3. The zero-order chi connectivity index (χ0) is 13.7. The van der Waals surface area contributed by atoms with E-state index in [9.17, 15) is 10.1 Å². The van der Waals surface area contributed by atoms with E-state index in [0.29, 0.717) is 13.0 Å². The highest BCUT2D eigenvalue weighted by atomic mass is 127. The third-order valence-corrected chi connectivity index (χ3v) is 3.40. The molecule has 0 aromatic heterocycles. The number of anilines is 1. The molecule has 0 spiro atoms. The molecule has 96 valence electrons. The van der Waals surface area contributed by atoms with Gasteiger partial charge in [-0.1, -0.05) is 0 Å². The molecule has 0 bridgehead atoms. The van der Waals surface area contributed by atoms with E-state index in [4.69, 9.17) is 5.26 Å². The molecule has 1 aromatic rings. The highest BCUT2D eigenvalue weighted by Gasteiger charge is 2.16. The quantitative estimate of drug-likeness (QED) is 0.459. The Kier molecular flexibility index (Phi) is 5.34. The summed E-state index contributed by atoms with van der Waals surface area (Å²) in [5.74, 6) is 0. The number of benzene rings is 1. The maximum Gasteiger partial charge on any atom is 0.270 e. The monoisotopic (exact) mass is 359 g/mol. The molecule has 6 heteroatoms. The van der Waals surface area contributed by atoms with Crippen molar-refractivity contribution in [2.45, 2.75) is 26.3 Å². The second kappa shape index (κ2) is 6.54. The summed E-state index contributed by atoms with van der Waals surface area (Å²) in [4.78, 5) is 12.4. The summed E-state index contributed by atoms with van der Waals surface area (Å²) < 4.78 is 0.827. The minimum absolute atomic E-state index is 0.0899. The molecular weight excluding hydrogens is 345 g/mol. The van der Waals surface area contributed by atoms with Gasteiger partial charge in [0.05, 0.1) is 23.1 Å². The van der Waals surface area contributed by atoms with Gasteiger partial charge in [-0.25, -0.2) is 0 Å². The number of hydrogen-bond donors (Lipinski definition) is 0. The Balaban J connectivity index is 3.06.